The van der Waals surface area contributed by atoms with Crippen LogP contribution in [-0.2, 0) is 16.1 Å². The number of nitrogens with one attached hydrogen (secondary N) is 2. The van der Waals surface area contributed by atoms with Gasteiger partial charge in [0.1, 0.15) is 12.4 Å². The van der Waals surface area contributed by atoms with Crippen LogP contribution in [0.2, 0.25) is 0 Å². The Morgan fingerprint density at radius 1 is 1.08 bits per heavy atom. The van der Waals surface area contributed by atoms with E-state index >= 15 is 0 Å². The molecule has 0 fully saturated rings. The summed E-state index contributed by atoms with van der Waals surface area (Å²) in [7, 11) is 1.45. The van der Waals surface area contributed by atoms with Gasteiger partial charge in [0.15, 0.2) is 0 Å². The Labute approximate surface area is 152 Å². The molecule has 0 saturated carbocycles. The van der Waals surface area contributed by atoms with Gasteiger partial charge in [-0.2, -0.15) is 0 Å². The fourth-order valence-electron chi connectivity index (χ4n) is 2.35. The van der Waals surface area contributed by atoms with Gasteiger partial charge in [-0.05, 0) is 48.9 Å². The summed E-state index contributed by atoms with van der Waals surface area (Å²) in [5, 5.41) is 5.46. The maximum absolute atomic E-state index is 13.3. The van der Waals surface area contributed by atoms with E-state index in [4.69, 9.17) is 4.74 Å². The smallest absolute Gasteiger partial charge is 0.322 e. The fourth-order valence-corrected chi connectivity index (χ4v) is 2.35. The zero-order valence-corrected chi connectivity index (χ0v) is 14.8. The lowest BCUT2D eigenvalue weighted by atomic mass is 10.2. The molecule has 26 heavy (non-hydrogen) atoms. The minimum atomic E-state index is -0.329. The minimum Gasteiger partial charge on any atom is -0.375 e. The Morgan fingerprint density at radius 3 is 2.31 bits per heavy atom. The molecule has 7 heteroatoms. The van der Waals surface area contributed by atoms with Gasteiger partial charge in [0.25, 0.3) is 0 Å². The maximum Gasteiger partial charge on any atom is 0.322 e. The van der Waals surface area contributed by atoms with Crippen molar-refractivity contribution in [2.24, 2.45) is 0 Å². The van der Waals surface area contributed by atoms with Crippen molar-refractivity contribution in [2.45, 2.75) is 13.5 Å². The highest BCUT2D eigenvalue weighted by Gasteiger charge is 2.13. The Kier molecular flexibility index (Phi) is 7.11. The summed E-state index contributed by atoms with van der Waals surface area (Å²) in [5.74, 6) is -0.582. The average Bonchev–Trinajstić information content (AvgIpc) is 2.61. The largest absolute Gasteiger partial charge is 0.375 e. The average molecular weight is 359 g/mol. The summed E-state index contributed by atoms with van der Waals surface area (Å²) in [5.41, 5.74) is 1.92. The van der Waals surface area contributed by atoms with E-state index in [0.717, 1.165) is 5.56 Å². The number of nitrogens with zero attached hydrogens (tertiary/aromatic N) is 1. The van der Waals surface area contributed by atoms with Gasteiger partial charge in [-0.1, -0.05) is 12.1 Å². The Bertz CT molecular complexity index is 750. The number of benzene rings is 2. The van der Waals surface area contributed by atoms with Gasteiger partial charge in [0.05, 0.1) is 0 Å². The number of ether oxygens (including phenoxy) is 1. The van der Waals surface area contributed by atoms with Gasteiger partial charge >= 0.3 is 6.03 Å². The Morgan fingerprint density at radius 2 is 1.73 bits per heavy atom. The molecule has 0 aromatic heterocycles. The lowest BCUT2D eigenvalue weighted by Gasteiger charge is -2.21. The van der Waals surface area contributed by atoms with E-state index < -0.39 is 0 Å². The number of amides is 3. The summed E-state index contributed by atoms with van der Waals surface area (Å²) in [6.07, 6.45) is 0. The van der Waals surface area contributed by atoms with Crippen LogP contribution in [0.15, 0.2) is 48.5 Å². The zero-order chi connectivity index (χ0) is 18.9. The third kappa shape index (κ3) is 5.86. The maximum atomic E-state index is 13.3. The van der Waals surface area contributed by atoms with Gasteiger partial charge in [0.2, 0.25) is 5.91 Å². The number of hydrogen-bond donors (Lipinski definition) is 2. The van der Waals surface area contributed by atoms with Gasteiger partial charge in [-0.15, -0.1) is 0 Å². The quantitative estimate of drug-likeness (QED) is 0.795. The number of methoxy groups -OCH3 is 1. The highest BCUT2D eigenvalue weighted by atomic mass is 19.1. The van der Waals surface area contributed by atoms with E-state index in [-0.39, 0.29) is 24.4 Å². The Balaban J connectivity index is 1.95. The van der Waals surface area contributed by atoms with Crippen LogP contribution in [-0.4, -0.2) is 37.1 Å². The van der Waals surface area contributed by atoms with E-state index in [0.29, 0.717) is 24.5 Å². The zero-order valence-electron chi connectivity index (χ0n) is 14.8. The molecule has 0 atom stereocenters. The number of anilines is 2. The first-order valence-corrected chi connectivity index (χ1v) is 8.21. The predicted molar refractivity (Wildman–Crippen MR) is 98.5 cm³/mol. The fraction of sp³-hybridized carbons (Fsp3) is 0.263. The second-order valence-corrected chi connectivity index (χ2v) is 5.63. The molecule has 2 aromatic rings. The molecule has 0 radical (unpaired) electrons. The van der Waals surface area contributed by atoms with Gasteiger partial charge in [0, 0.05) is 31.6 Å². The van der Waals surface area contributed by atoms with Crippen LogP contribution in [0.1, 0.15) is 12.5 Å². The number of halogens is 1. The van der Waals surface area contributed by atoms with Crippen molar-refractivity contribution >= 4 is 23.3 Å². The minimum absolute atomic E-state index is 0.0238. The first kappa shape index (κ1) is 19.4. The van der Waals surface area contributed by atoms with Crippen LogP contribution < -0.4 is 10.6 Å². The molecule has 0 saturated heterocycles. The molecule has 2 rings (SSSR count). The molecule has 0 heterocycles. The van der Waals surface area contributed by atoms with E-state index in [2.05, 4.69) is 10.6 Å². The molecular weight excluding hydrogens is 337 g/mol. The third-order valence-corrected chi connectivity index (χ3v) is 3.63. The summed E-state index contributed by atoms with van der Waals surface area (Å²) in [6.45, 7) is 2.62. The molecular formula is C19H22FN3O3. The van der Waals surface area contributed by atoms with Crippen molar-refractivity contribution in [3.8, 4) is 0 Å². The number of rotatable bonds is 7. The second kappa shape index (κ2) is 9.53. The summed E-state index contributed by atoms with van der Waals surface area (Å²) >= 11 is 0. The third-order valence-electron chi connectivity index (χ3n) is 3.63. The van der Waals surface area contributed by atoms with Crippen LogP contribution in [0, 0.1) is 5.82 Å². The highest BCUT2D eigenvalue weighted by Crippen LogP contribution is 2.15. The normalized spacial score (nSPS) is 10.3. The number of carbonyl (C=O) groups excluding carboxylic acids is 2. The molecule has 2 aromatic carbocycles. The van der Waals surface area contributed by atoms with Crippen LogP contribution in [0.4, 0.5) is 20.6 Å². The number of hydrogen-bond acceptors (Lipinski definition) is 3. The van der Waals surface area contributed by atoms with Crippen LogP contribution in [0.5, 0.6) is 0 Å². The van der Waals surface area contributed by atoms with E-state index in [1.54, 1.807) is 41.3 Å². The van der Waals surface area contributed by atoms with E-state index in [9.17, 15) is 14.0 Å². The number of carbonyl (C=O) groups is 2. The standard InChI is InChI=1S/C19H22FN3O3/c1-3-23(12-14-5-4-6-15(20)11-14)19(25)22-17-9-7-16(8-10-17)21-18(24)13-26-2/h4-11H,3,12-13H2,1-2H3,(H,21,24)(H,22,25). The van der Waals surface area contributed by atoms with Crippen molar-refractivity contribution in [1.82, 2.24) is 4.90 Å². The molecule has 0 unspecified atom stereocenters. The lowest BCUT2D eigenvalue weighted by molar-refractivity contribution is -0.119. The molecule has 0 aliphatic rings. The molecule has 0 aliphatic carbocycles. The molecule has 0 aliphatic heterocycles. The van der Waals surface area contributed by atoms with Gasteiger partial charge in [-0.25, -0.2) is 9.18 Å². The number of urea groups is 1. The predicted octanol–water partition coefficient (Wildman–Crippen LogP) is 3.46. The van der Waals surface area contributed by atoms with Gasteiger partial charge < -0.3 is 20.3 Å². The van der Waals surface area contributed by atoms with Crippen LogP contribution in [0.3, 0.4) is 0 Å². The van der Waals surface area contributed by atoms with Crippen molar-refractivity contribution in [3.05, 3.63) is 59.9 Å². The highest BCUT2D eigenvalue weighted by molar-refractivity contribution is 5.93. The molecule has 3 amide bonds. The molecule has 138 valence electrons. The van der Waals surface area contributed by atoms with E-state index in [1.165, 1.54) is 19.2 Å². The van der Waals surface area contributed by atoms with Crippen molar-refractivity contribution in [1.29, 1.82) is 0 Å². The van der Waals surface area contributed by atoms with Gasteiger partial charge in [-0.3, -0.25) is 4.79 Å². The van der Waals surface area contributed by atoms with E-state index in [1.807, 2.05) is 6.92 Å². The van der Waals surface area contributed by atoms with Crippen LogP contribution >= 0.6 is 0 Å². The topological polar surface area (TPSA) is 70.7 Å². The summed E-state index contributed by atoms with van der Waals surface area (Å²) in [4.78, 5) is 25.4. The van der Waals surface area contributed by atoms with Crippen LogP contribution in [0.25, 0.3) is 0 Å². The van der Waals surface area contributed by atoms with Crippen molar-refractivity contribution in [2.75, 3.05) is 30.9 Å². The monoisotopic (exact) mass is 359 g/mol. The first-order chi connectivity index (χ1) is 12.5. The SMILES string of the molecule is CCN(Cc1cccc(F)c1)C(=O)Nc1ccc(NC(=O)COC)cc1. The van der Waals surface area contributed by atoms with Crippen molar-refractivity contribution < 1.29 is 18.7 Å². The van der Waals surface area contributed by atoms with Crippen molar-refractivity contribution in [3.63, 3.8) is 0 Å². The summed E-state index contributed by atoms with van der Waals surface area (Å²) in [6, 6.07) is 12.6. The second-order valence-electron chi connectivity index (χ2n) is 5.63. The molecule has 0 bridgehead atoms. The lowest BCUT2D eigenvalue weighted by Crippen LogP contribution is -2.34. The molecule has 6 nitrogen and oxygen atoms in total. The molecule has 2 N–H and O–H groups in total. The Hall–Kier alpha value is -2.93. The first-order valence-electron chi connectivity index (χ1n) is 8.21. The summed E-state index contributed by atoms with van der Waals surface area (Å²) < 4.78 is 18.0. The molecule has 0 spiro atoms.